The molecule has 0 aliphatic carbocycles. The molecule has 1 aromatic carbocycles. The molecule has 0 heterocycles. The van der Waals surface area contributed by atoms with E-state index in [2.05, 4.69) is 5.32 Å². The second-order valence-corrected chi connectivity index (χ2v) is 3.14. The first-order valence-corrected chi connectivity index (χ1v) is 4.68. The number of amides is 1. The zero-order chi connectivity index (χ0) is 11.1. The van der Waals surface area contributed by atoms with Gasteiger partial charge in [0.05, 0.1) is 6.07 Å². The minimum atomic E-state index is -0.254. The molecule has 4 nitrogen and oxygen atoms in total. The van der Waals surface area contributed by atoms with Crippen LogP contribution >= 0.6 is 0 Å². The summed E-state index contributed by atoms with van der Waals surface area (Å²) < 4.78 is 0. The average Bonchev–Trinajstić information content (AvgIpc) is 2.27. The third kappa shape index (κ3) is 3.79. The number of nitrogens with one attached hydrogen (secondary N) is 1. The topological polar surface area (TPSA) is 78.9 Å². The molecule has 0 aliphatic rings. The van der Waals surface area contributed by atoms with Crippen molar-refractivity contribution in [1.29, 1.82) is 5.26 Å². The summed E-state index contributed by atoms with van der Waals surface area (Å²) in [6, 6.07) is 9.47. The molecule has 0 spiro atoms. The first kappa shape index (κ1) is 11.2. The fourth-order valence-corrected chi connectivity index (χ4v) is 1.20. The van der Waals surface area contributed by atoms with Crippen molar-refractivity contribution in [1.82, 2.24) is 5.32 Å². The van der Waals surface area contributed by atoms with Crippen LogP contribution < -0.4 is 11.1 Å². The largest absolute Gasteiger partial charge is 0.351 e. The molecule has 1 amide bonds. The first-order chi connectivity index (χ1) is 7.26. The molecule has 0 aliphatic heterocycles. The van der Waals surface area contributed by atoms with E-state index in [1.54, 1.807) is 6.07 Å². The highest BCUT2D eigenvalue weighted by Gasteiger charge is 1.99. The monoisotopic (exact) mass is 203 g/mol. The van der Waals surface area contributed by atoms with Crippen LogP contribution in [0.25, 0.3) is 0 Å². The molecule has 3 N–H and O–H groups in total. The highest BCUT2D eigenvalue weighted by Crippen LogP contribution is 2.04. The third-order valence-electron chi connectivity index (χ3n) is 1.96. The minimum Gasteiger partial charge on any atom is -0.351 e. The van der Waals surface area contributed by atoms with Crippen LogP contribution in [0.4, 0.5) is 0 Å². The lowest BCUT2D eigenvalue weighted by atomic mass is 10.1. The minimum absolute atomic E-state index is 0.101. The van der Waals surface area contributed by atoms with Gasteiger partial charge >= 0.3 is 0 Å². The Bertz CT molecular complexity index is 382. The molecule has 0 atom stereocenters. The standard InChI is InChI=1S/C11H13N3O/c12-5-4-11(15)14-8-10-3-1-2-9(6-10)7-13/h1-3,6H,4,7-8,13H2,(H,14,15). The van der Waals surface area contributed by atoms with E-state index in [0.29, 0.717) is 13.1 Å². The Morgan fingerprint density at radius 1 is 1.47 bits per heavy atom. The number of rotatable bonds is 4. The maximum Gasteiger partial charge on any atom is 0.234 e. The van der Waals surface area contributed by atoms with Gasteiger partial charge in [-0.3, -0.25) is 4.79 Å². The molecule has 15 heavy (non-hydrogen) atoms. The van der Waals surface area contributed by atoms with E-state index in [0.717, 1.165) is 11.1 Å². The molecule has 4 heteroatoms. The summed E-state index contributed by atoms with van der Waals surface area (Å²) >= 11 is 0. The van der Waals surface area contributed by atoms with Crippen LogP contribution in [-0.4, -0.2) is 5.91 Å². The van der Waals surface area contributed by atoms with Crippen molar-refractivity contribution < 1.29 is 4.79 Å². The number of benzene rings is 1. The van der Waals surface area contributed by atoms with Crippen LogP contribution in [0, 0.1) is 11.3 Å². The van der Waals surface area contributed by atoms with Crippen LogP contribution in [0.5, 0.6) is 0 Å². The van der Waals surface area contributed by atoms with Crippen LogP contribution in [0.3, 0.4) is 0 Å². The molecule has 78 valence electrons. The first-order valence-electron chi connectivity index (χ1n) is 4.68. The zero-order valence-electron chi connectivity index (χ0n) is 8.36. The van der Waals surface area contributed by atoms with Crippen molar-refractivity contribution in [2.24, 2.45) is 5.73 Å². The Morgan fingerprint density at radius 2 is 2.20 bits per heavy atom. The maximum atomic E-state index is 11.0. The summed E-state index contributed by atoms with van der Waals surface area (Å²) in [7, 11) is 0. The van der Waals surface area contributed by atoms with Crippen LogP contribution in [0.2, 0.25) is 0 Å². The van der Waals surface area contributed by atoms with Gasteiger partial charge in [0.15, 0.2) is 0 Å². The van der Waals surface area contributed by atoms with Gasteiger partial charge < -0.3 is 11.1 Å². The predicted molar refractivity (Wildman–Crippen MR) is 56.4 cm³/mol. The SMILES string of the molecule is N#CCC(=O)NCc1cccc(CN)c1. The van der Waals surface area contributed by atoms with Gasteiger partial charge in [0.25, 0.3) is 0 Å². The fourth-order valence-electron chi connectivity index (χ4n) is 1.20. The Labute approximate surface area is 88.7 Å². The van der Waals surface area contributed by atoms with Gasteiger partial charge in [-0.2, -0.15) is 5.26 Å². The predicted octanol–water partition coefficient (Wildman–Crippen LogP) is 0.675. The number of carbonyl (C=O) groups excluding carboxylic acids is 1. The highest BCUT2D eigenvalue weighted by molar-refractivity contribution is 5.77. The lowest BCUT2D eigenvalue weighted by Gasteiger charge is -2.04. The van der Waals surface area contributed by atoms with Crippen molar-refractivity contribution in [2.75, 3.05) is 0 Å². The van der Waals surface area contributed by atoms with E-state index in [-0.39, 0.29) is 12.3 Å². The maximum absolute atomic E-state index is 11.0. The van der Waals surface area contributed by atoms with E-state index in [1.807, 2.05) is 24.3 Å². The molecule has 0 aromatic heterocycles. The molecule has 0 fully saturated rings. The Kier molecular flexibility index (Phi) is 4.32. The van der Waals surface area contributed by atoms with Gasteiger partial charge in [-0.05, 0) is 11.1 Å². The summed E-state index contributed by atoms with van der Waals surface area (Å²) in [5.74, 6) is -0.254. The van der Waals surface area contributed by atoms with Gasteiger partial charge in [0, 0.05) is 13.1 Å². The van der Waals surface area contributed by atoms with E-state index >= 15 is 0 Å². The number of carbonyl (C=O) groups is 1. The van der Waals surface area contributed by atoms with Crippen LogP contribution in [0.1, 0.15) is 17.5 Å². The summed E-state index contributed by atoms with van der Waals surface area (Å²) in [5.41, 5.74) is 7.51. The van der Waals surface area contributed by atoms with E-state index in [9.17, 15) is 4.79 Å². The van der Waals surface area contributed by atoms with Crippen molar-refractivity contribution in [3.63, 3.8) is 0 Å². The van der Waals surface area contributed by atoms with E-state index < -0.39 is 0 Å². The molecular weight excluding hydrogens is 190 g/mol. The number of hydrogen-bond donors (Lipinski definition) is 2. The van der Waals surface area contributed by atoms with E-state index in [1.165, 1.54) is 0 Å². The summed E-state index contributed by atoms with van der Waals surface area (Å²) in [4.78, 5) is 11.0. The zero-order valence-corrected chi connectivity index (χ0v) is 8.36. The summed E-state index contributed by atoms with van der Waals surface area (Å²) in [6.07, 6.45) is -0.101. The summed E-state index contributed by atoms with van der Waals surface area (Å²) in [6.45, 7) is 0.925. The molecule has 1 aromatic rings. The Hall–Kier alpha value is -1.86. The average molecular weight is 203 g/mol. The number of nitrogens with two attached hydrogens (primary N) is 1. The highest BCUT2D eigenvalue weighted by atomic mass is 16.1. The van der Waals surface area contributed by atoms with Gasteiger partial charge in [-0.25, -0.2) is 0 Å². The Balaban J connectivity index is 2.51. The molecule has 0 radical (unpaired) electrons. The molecule has 1 rings (SSSR count). The van der Waals surface area contributed by atoms with Crippen LogP contribution in [0.15, 0.2) is 24.3 Å². The molecule has 0 unspecified atom stereocenters. The lowest BCUT2D eigenvalue weighted by Crippen LogP contribution is -2.21. The van der Waals surface area contributed by atoms with Crippen molar-refractivity contribution in [3.8, 4) is 6.07 Å². The normalized spacial score (nSPS) is 9.33. The molecular formula is C11H13N3O. The second kappa shape index (κ2) is 5.78. The molecule has 0 bridgehead atoms. The lowest BCUT2D eigenvalue weighted by molar-refractivity contribution is -0.120. The van der Waals surface area contributed by atoms with Crippen molar-refractivity contribution in [3.05, 3.63) is 35.4 Å². The van der Waals surface area contributed by atoms with Gasteiger partial charge in [0.2, 0.25) is 5.91 Å². The van der Waals surface area contributed by atoms with Gasteiger partial charge in [-0.1, -0.05) is 24.3 Å². The number of nitrogens with zero attached hydrogens (tertiary/aromatic N) is 1. The Morgan fingerprint density at radius 3 is 2.87 bits per heavy atom. The van der Waals surface area contributed by atoms with Crippen LogP contribution in [-0.2, 0) is 17.9 Å². The van der Waals surface area contributed by atoms with Gasteiger partial charge in [0.1, 0.15) is 6.42 Å². The number of hydrogen-bond acceptors (Lipinski definition) is 3. The van der Waals surface area contributed by atoms with E-state index in [4.69, 9.17) is 11.0 Å². The fraction of sp³-hybridized carbons (Fsp3) is 0.273. The van der Waals surface area contributed by atoms with Crippen molar-refractivity contribution >= 4 is 5.91 Å². The number of nitriles is 1. The smallest absolute Gasteiger partial charge is 0.234 e. The second-order valence-electron chi connectivity index (χ2n) is 3.14. The molecule has 0 saturated heterocycles. The van der Waals surface area contributed by atoms with Crippen molar-refractivity contribution in [2.45, 2.75) is 19.5 Å². The summed E-state index contributed by atoms with van der Waals surface area (Å²) in [5, 5.41) is 10.9. The molecule has 0 saturated carbocycles. The van der Waals surface area contributed by atoms with Gasteiger partial charge in [-0.15, -0.1) is 0 Å². The quantitative estimate of drug-likeness (QED) is 0.755. The third-order valence-corrected chi connectivity index (χ3v) is 1.96.